The van der Waals surface area contributed by atoms with E-state index in [9.17, 15) is 18.4 Å². The molecule has 0 bridgehead atoms. The number of rotatable bonds is 6. The van der Waals surface area contributed by atoms with E-state index in [1.54, 1.807) is 30.9 Å². The Morgan fingerprint density at radius 2 is 1.65 bits per heavy atom. The van der Waals surface area contributed by atoms with Crippen molar-refractivity contribution in [3.8, 4) is 5.75 Å². The van der Waals surface area contributed by atoms with Crippen LogP contribution in [0.5, 0.6) is 5.75 Å². The molecule has 0 aliphatic carbocycles. The van der Waals surface area contributed by atoms with E-state index in [1.165, 1.54) is 12.1 Å². The molecule has 1 saturated heterocycles. The number of nitrogens with one attached hydrogen (secondary N) is 2. The third-order valence-corrected chi connectivity index (χ3v) is 4.34. The normalized spacial score (nSPS) is 16.7. The van der Waals surface area contributed by atoms with E-state index in [1.807, 2.05) is 0 Å². The minimum atomic E-state index is -2.87. The molecular formula is C18H25F2N3O3. The highest BCUT2D eigenvalue weighted by atomic mass is 19.3. The number of halogens is 2. The Balaban J connectivity index is 1.83. The molecule has 1 aliphatic rings. The van der Waals surface area contributed by atoms with Crippen molar-refractivity contribution in [3.63, 3.8) is 0 Å². The van der Waals surface area contributed by atoms with Crippen molar-refractivity contribution in [1.82, 2.24) is 15.5 Å². The molecule has 2 atom stereocenters. The summed E-state index contributed by atoms with van der Waals surface area (Å²) < 4.78 is 28.6. The van der Waals surface area contributed by atoms with E-state index in [2.05, 4.69) is 15.4 Å². The summed E-state index contributed by atoms with van der Waals surface area (Å²) in [5.41, 5.74) is 0.733. The van der Waals surface area contributed by atoms with Crippen LogP contribution in [0.25, 0.3) is 0 Å². The standard InChI is InChI=1S/C18H25F2N3O3/c1-12(14-6-8-15(9-7-14)26-17(19)20)21-18(25)22-13(2)16(24)23-10-4-3-5-11-23/h6-9,12-13,17H,3-5,10-11H2,1-2H3,(H2,21,22,25). The zero-order valence-corrected chi connectivity index (χ0v) is 15.0. The van der Waals surface area contributed by atoms with Crippen molar-refractivity contribution >= 4 is 11.9 Å². The number of benzene rings is 1. The molecule has 26 heavy (non-hydrogen) atoms. The molecule has 8 heteroatoms. The lowest BCUT2D eigenvalue weighted by Crippen LogP contribution is -2.51. The van der Waals surface area contributed by atoms with Gasteiger partial charge in [-0.15, -0.1) is 0 Å². The Morgan fingerprint density at radius 3 is 2.23 bits per heavy atom. The van der Waals surface area contributed by atoms with Gasteiger partial charge >= 0.3 is 12.6 Å². The van der Waals surface area contributed by atoms with Crippen LogP contribution in [0, 0.1) is 0 Å². The molecule has 0 aromatic heterocycles. The van der Waals surface area contributed by atoms with Gasteiger partial charge < -0.3 is 20.3 Å². The Hall–Kier alpha value is -2.38. The number of alkyl halides is 2. The van der Waals surface area contributed by atoms with Crippen molar-refractivity contribution in [1.29, 1.82) is 0 Å². The van der Waals surface area contributed by atoms with Gasteiger partial charge in [-0.3, -0.25) is 4.79 Å². The summed E-state index contributed by atoms with van der Waals surface area (Å²) in [6.07, 6.45) is 3.12. The fourth-order valence-electron chi connectivity index (χ4n) is 2.91. The summed E-state index contributed by atoms with van der Waals surface area (Å²) in [6, 6.07) is 4.62. The van der Waals surface area contributed by atoms with E-state index >= 15 is 0 Å². The summed E-state index contributed by atoms with van der Waals surface area (Å²) >= 11 is 0. The maximum Gasteiger partial charge on any atom is 0.387 e. The van der Waals surface area contributed by atoms with Gasteiger partial charge in [0, 0.05) is 13.1 Å². The number of ether oxygens (including phenoxy) is 1. The minimum Gasteiger partial charge on any atom is -0.435 e. The molecular weight excluding hydrogens is 344 g/mol. The highest BCUT2D eigenvalue weighted by Gasteiger charge is 2.23. The number of urea groups is 1. The molecule has 2 unspecified atom stereocenters. The van der Waals surface area contributed by atoms with E-state index in [0.717, 1.165) is 37.9 Å². The van der Waals surface area contributed by atoms with Crippen LogP contribution in [0.2, 0.25) is 0 Å². The van der Waals surface area contributed by atoms with E-state index < -0.39 is 18.7 Å². The largest absolute Gasteiger partial charge is 0.435 e. The summed E-state index contributed by atoms with van der Waals surface area (Å²) in [4.78, 5) is 26.2. The molecule has 1 aliphatic heterocycles. The number of carbonyl (C=O) groups excluding carboxylic acids is 2. The predicted octanol–water partition coefficient (Wildman–Crippen LogP) is 3.05. The van der Waals surface area contributed by atoms with Crippen molar-refractivity contribution in [2.75, 3.05) is 13.1 Å². The number of amides is 3. The van der Waals surface area contributed by atoms with Crippen LogP contribution in [0.3, 0.4) is 0 Å². The Morgan fingerprint density at radius 1 is 1.04 bits per heavy atom. The average molecular weight is 369 g/mol. The average Bonchev–Trinajstić information content (AvgIpc) is 2.61. The van der Waals surface area contributed by atoms with E-state index in [-0.39, 0.29) is 17.7 Å². The van der Waals surface area contributed by atoms with Crippen LogP contribution >= 0.6 is 0 Å². The molecule has 2 N–H and O–H groups in total. The van der Waals surface area contributed by atoms with Crippen LogP contribution in [-0.4, -0.2) is 42.6 Å². The monoisotopic (exact) mass is 369 g/mol. The van der Waals surface area contributed by atoms with Gasteiger partial charge in [0.15, 0.2) is 0 Å². The number of hydrogen-bond acceptors (Lipinski definition) is 3. The second kappa shape index (κ2) is 9.35. The van der Waals surface area contributed by atoms with Crippen LogP contribution in [0.1, 0.15) is 44.7 Å². The highest BCUT2D eigenvalue weighted by molar-refractivity contribution is 5.86. The topological polar surface area (TPSA) is 70.7 Å². The summed E-state index contributed by atoms with van der Waals surface area (Å²) in [5.74, 6) is -0.0258. The van der Waals surface area contributed by atoms with Crippen LogP contribution < -0.4 is 15.4 Å². The molecule has 1 fully saturated rings. The van der Waals surface area contributed by atoms with Gasteiger partial charge in [0.05, 0.1) is 6.04 Å². The summed E-state index contributed by atoms with van der Waals surface area (Å²) in [6.45, 7) is 2.02. The van der Waals surface area contributed by atoms with Gasteiger partial charge in [-0.25, -0.2) is 4.79 Å². The maximum atomic E-state index is 12.3. The summed E-state index contributed by atoms with van der Waals surface area (Å²) in [5, 5.41) is 5.39. The van der Waals surface area contributed by atoms with Gasteiger partial charge in [-0.1, -0.05) is 12.1 Å². The first-order chi connectivity index (χ1) is 12.4. The van der Waals surface area contributed by atoms with Gasteiger partial charge in [0.25, 0.3) is 0 Å². The SMILES string of the molecule is CC(NC(=O)NC(C)c1ccc(OC(F)F)cc1)C(=O)N1CCCCC1. The number of carbonyl (C=O) groups is 2. The number of likely N-dealkylation sites (tertiary alicyclic amines) is 1. The molecule has 0 radical (unpaired) electrons. The Bertz CT molecular complexity index is 604. The third kappa shape index (κ3) is 5.86. The Labute approximate surface area is 151 Å². The van der Waals surface area contributed by atoms with Gasteiger partial charge in [0.2, 0.25) is 5.91 Å². The summed E-state index contributed by atoms with van der Waals surface area (Å²) in [7, 11) is 0. The fraction of sp³-hybridized carbons (Fsp3) is 0.556. The van der Waals surface area contributed by atoms with Crippen LogP contribution in [-0.2, 0) is 4.79 Å². The smallest absolute Gasteiger partial charge is 0.387 e. The van der Waals surface area contributed by atoms with Crippen molar-refractivity contribution < 1.29 is 23.1 Å². The second-order valence-corrected chi connectivity index (χ2v) is 6.39. The van der Waals surface area contributed by atoms with Crippen molar-refractivity contribution in [3.05, 3.63) is 29.8 Å². The van der Waals surface area contributed by atoms with Gasteiger partial charge in [-0.05, 0) is 50.8 Å². The van der Waals surface area contributed by atoms with Crippen molar-refractivity contribution in [2.24, 2.45) is 0 Å². The van der Waals surface area contributed by atoms with Gasteiger partial charge in [0.1, 0.15) is 11.8 Å². The number of hydrogen-bond donors (Lipinski definition) is 2. The lowest BCUT2D eigenvalue weighted by atomic mass is 10.1. The van der Waals surface area contributed by atoms with Crippen molar-refractivity contribution in [2.45, 2.75) is 51.8 Å². The predicted molar refractivity (Wildman–Crippen MR) is 93.0 cm³/mol. The molecule has 1 aromatic carbocycles. The molecule has 1 aromatic rings. The van der Waals surface area contributed by atoms with Crippen LogP contribution in [0.4, 0.5) is 13.6 Å². The van der Waals surface area contributed by atoms with E-state index in [0.29, 0.717) is 0 Å². The number of piperidine rings is 1. The molecule has 0 saturated carbocycles. The van der Waals surface area contributed by atoms with E-state index in [4.69, 9.17) is 0 Å². The molecule has 3 amide bonds. The molecule has 144 valence electrons. The van der Waals surface area contributed by atoms with Crippen LogP contribution in [0.15, 0.2) is 24.3 Å². The first-order valence-electron chi connectivity index (χ1n) is 8.77. The molecule has 6 nitrogen and oxygen atoms in total. The lowest BCUT2D eigenvalue weighted by molar-refractivity contribution is -0.133. The van der Waals surface area contributed by atoms with Gasteiger partial charge in [-0.2, -0.15) is 8.78 Å². The lowest BCUT2D eigenvalue weighted by Gasteiger charge is -2.29. The molecule has 2 rings (SSSR count). The fourth-order valence-corrected chi connectivity index (χ4v) is 2.91. The highest BCUT2D eigenvalue weighted by Crippen LogP contribution is 2.19. The maximum absolute atomic E-state index is 12.3. The quantitative estimate of drug-likeness (QED) is 0.810. The zero-order valence-electron chi connectivity index (χ0n) is 15.0. The Kier molecular flexibility index (Phi) is 7.17. The first kappa shape index (κ1) is 19.9. The first-order valence-corrected chi connectivity index (χ1v) is 8.77. The second-order valence-electron chi connectivity index (χ2n) is 6.39. The molecule has 1 heterocycles. The minimum absolute atomic E-state index is 0.0566. The zero-order chi connectivity index (χ0) is 19.1. The molecule has 0 spiro atoms. The number of nitrogens with zero attached hydrogens (tertiary/aromatic N) is 1. The third-order valence-electron chi connectivity index (χ3n) is 4.34.